The minimum absolute atomic E-state index is 0.0262. The van der Waals surface area contributed by atoms with Gasteiger partial charge in [0, 0.05) is 29.0 Å². The molecule has 1 aliphatic heterocycles. The van der Waals surface area contributed by atoms with E-state index in [0.717, 1.165) is 39.6 Å². The predicted octanol–water partition coefficient (Wildman–Crippen LogP) is 5.72. The number of benzene rings is 3. The second-order valence-corrected chi connectivity index (χ2v) is 8.00. The Morgan fingerprint density at radius 1 is 1.00 bits per heavy atom. The van der Waals surface area contributed by atoms with Crippen molar-refractivity contribution in [3.05, 3.63) is 95.6 Å². The summed E-state index contributed by atoms with van der Waals surface area (Å²) in [7, 11) is 0. The van der Waals surface area contributed by atoms with Gasteiger partial charge in [0.15, 0.2) is 0 Å². The summed E-state index contributed by atoms with van der Waals surface area (Å²) in [4.78, 5) is 12.9. The van der Waals surface area contributed by atoms with Crippen LogP contribution in [0.2, 0.25) is 0 Å². The van der Waals surface area contributed by atoms with E-state index in [9.17, 15) is 4.79 Å². The standard InChI is InChI=1S/C27H25N3O2/c1-3-32-23-12-8-7-11-21(23)22-17-24(31)28-27-25(22)26(19-9-5-4-6-10-19)29-30(27)20-15-13-18(2)14-16-20/h4-16,22H,3,17H2,1-2H3,(H,28,31)/t22-/m1/s1. The summed E-state index contributed by atoms with van der Waals surface area (Å²) < 4.78 is 7.78. The van der Waals surface area contributed by atoms with Gasteiger partial charge >= 0.3 is 0 Å². The van der Waals surface area contributed by atoms with Crippen molar-refractivity contribution in [1.82, 2.24) is 9.78 Å². The summed E-state index contributed by atoms with van der Waals surface area (Å²) in [6.45, 7) is 4.60. The zero-order valence-corrected chi connectivity index (χ0v) is 18.2. The Hall–Kier alpha value is -3.86. The molecule has 0 spiro atoms. The molecule has 1 aromatic heterocycles. The maximum absolute atomic E-state index is 12.9. The van der Waals surface area contributed by atoms with E-state index in [4.69, 9.17) is 9.84 Å². The van der Waals surface area contributed by atoms with E-state index in [1.165, 1.54) is 5.56 Å². The Balaban J connectivity index is 1.76. The molecule has 0 aliphatic carbocycles. The van der Waals surface area contributed by atoms with E-state index in [-0.39, 0.29) is 11.8 Å². The molecule has 0 saturated heterocycles. The van der Waals surface area contributed by atoms with Crippen molar-refractivity contribution in [3.8, 4) is 22.7 Å². The number of para-hydroxylation sites is 1. The van der Waals surface area contributed by atoms with E-state index in [0.29, 0.717) is 13.0 Å². The number of aromatic nitrogens is 2. The van der Waals surface area contributed by atoms with Crippen LogP contribution >= 0.6 is 0 Å². The van der Waals surface area contributed by atoms with Crippen LogP contribution in [0.25, 0.3) is 16.9 Å². The fourth-order valence-electron chi connectivity index (χ4n) is 4.35. The second-order valence-electron chi connectivity index (χ2n) is 8.00. The molecular weight excluding hydrogens is 398 g/mol. The topological polar surface area (TPSA) is 56.1 Å². The van der Waals surface area contributed by atoms with E-state index >= 15 is 0 Å². The summed E-state index contributed by atoms with van der Waals surface area (Å²) >= 11 is 0. The Bertz CT molecular complexity index is 1260. The monoisotopic (exact) mass is 423 g/mol. The maximum Gasteiger partial charge on any atom is 0.226 e. The number of rotatable bonds is 5. The number of ether oxygens (including phenoxy) is 1. The molecule has 1 atom stereocenters. The third-order valence-corrected chi connectivity index (χ3v) is 5.84. The molecule has 1 amide bonds. The molecule has 0 radical (unpaired) electrons. The van der Waals surface area contributed by atoms with Crippen LogP contribution in [0.1, 0.15) is 36.0 Å². The normalized spacial score (nSPS) is 15.2. The van der Waals surface area contributed by atoms with E-state index in [1.54, 1.807) is 0 Å². The number of carbonyl (C=O) groups excluding carboxylic acids is 1. The first-order valence-electron chi connectivity index (χ1n) is 10.9. The second kappa shape index (κ2) is 8.35. The predicted molar refractivity (Wildman–Crippen MR) is 126 cm³/mol. The third kappa shape index (κ3) is 3.56. The largest absolute Gasteiger partial charge is 0.494 e. The maximum atomic E-state index is 12.9. The lowest BCUT2D eigenvalue weighted by atomic mass is 9.84. The van der Waals surface area contributed by atoms with Gasteiger partial charge in [0.2, 0.25) is 5.91 Å². The van der Waals surface area contributed by atoms with Crippen molar-refractivity contribution in [2.24, 2.45) is 0 Å². The molecule has 1 aliphatic rings. The third-order valence-electron chi connectivity index (χ3n) is 5.84. The fourth-order valence-corrected chi connectivity index (χ4v) is 4.35. The molecule has 2 heterocycles. The highest BCUT2D eigenvalue weighted by molar-refractivity contribution is 5.96. The first-order chi connectivity index (χ1) is 15.7. The average molecular weight is 424 g/mol. The number of anilines is 1. The zero-order valence-electron chi connectivity index (χ0n) is 18.2. The number of nitrogens with one attached hydrogen (secondary N) is 1. The molecule has 5 rings (SSSR count). The Morgan fingerprint density at radius 3 is 2.47 bits per heavy atom. The van der Waals surface area contributed by atoms with Crippen molar-refractivity contribution in [2.45, 2.75) is 26.2 Å². The van der Waals surface area contributed by atoms with Gasteiger partial charge in [-0.1, -0.05) is 66.2 Å². The van der Waals surface area contributed by atoms with E-state index in [2.05, 4.69) is 42.6 Å². The Kier molecular flexibility index (Phi) is 5.23. The smallest absolute Gasteiger partial charge is 0.226 e. The highest BCUT2D eigenvalue weighted by atomic mass is 16.5. The summed E-state index contributed by atoms with van der Waals surface area (Å²) in [6.07, 6.45) is 0.344. The average Bonchev–Trinajstić information content (AvgIpc) is 3.20. The first-order valence-corrected chi connectivity index (χ1v) is 10.9. The molecule has 32 heavy (non-hydrogen) atoms. The number of carbonyl (C=O) groups is 1. The molecular formula is C27H25N3O2. The lowest BCUT2D eigenvalue weighted by Crippen LogP contribution is -2.25. The van der Waals surface area contributed by atoms with Gasteiger partial charge in [-0.05, 0) is 32.0 Å². The molecule has 5 heteroatoms. The summed E-state index contributed by atoms with van der Waals surface area (Å²) in [6, 6.07) is 26.3. The van der Waals surface area contributed by atoms with E-state index < -0.39 is 0 Å². The number of hydrogen-bond acceptors (Lipinski definition) is 3. The summed E-state index contributed by atoms with van der Waals surface area (Å²) in [5, 5.41) is 8.11. The highest BCUT2D eigenvalue weighted by Crippen LogP contribution is 2.46. The first kappa shape index (κ1) is 20.1. The number of hydrogen-bond donors (Lipinski definition) is 1. The lowest BCUT2D eigenvalue weighted by Gasteiger charge is -2.26. The van der Waals surface area contributed by atoms with Gasteiger partial charge < -0.3 is 10.1 Å². The van der Waals surface area contributed by atoms with Gasteiger partial charge in [-0.15, -0.1) is 0 Å². The number of fused-ring (bicyclic) bond motifs is 1. The number of nitrogens with zero attached hydrogens (tertiary/aromatic N) is 2. The van der Waals surface area contributed by atoms with Crippen LogP contribution in [-0.4, -0.2) is 22.3 Å². The van der Waals surface area contributed by atoms with Gasteiger partial charge in [-0.3, -0.25) is 4.79 Å². The van der Waals surface area contributed by atoms with Gasteiger partial charge in [-0.25, -0.2) is 4.68 Å². The van der Waals surface area contributed by atoms with Crippen molar-refractivity contribution < 1.29 is 9.53 Å². The molecule has 0 unspecified atom stereocenters. The van der Waals surface area contributed by atoms with Crippen molar-refractivity contribution >= 4 is 11.7 Å². The van der Waals surface area contributed by atoms with Crippen LogP contribution in [0.15, 0.2) is 78.9 Å². The van der Waals surface area contributed by atoms with Crippen LogP contribution in [0, 0.1) is 6.92 Å². The Labute approximate surface area is 187 Å². The minimum Gasteiger partial charge on any atom is -0.494 e. The molecule has 3 aromatic carbocycles. The molecule has 0 bridgehead atoms. The SMILES string of the molecule is CCOc1ccccc1[C@H]1CC(=O)Nc2c1c(-c1ccccc1)nn2-c1ccc(C)cc1. The minimum atomic E-state index is -0.157. The van der Waals surface area contributed by atoms with Gasteiger partial charge in [0.05, 0.1) is 18.0 Å². The molecule has 0 fully saturated rings. The molecule has 1 N–H and O–H groups in total. The zero-order chi connectivity index (χ0) is 22.1. The highest BCUT2D eigenvalue weighted by Gasteiger charge is 2.35. The van der Waals surface area contributed by atoms with Crippen LogP contribution in [0.5, 0.6) is 5.75 Å². The van der Waals surface area contributed by atoms with Crippen LogP contribution < -0.4 is 10.1 Å². The lowest BCUT2D eigenvalue weighted by molar-refractivity contribution is -0.116. The van der Waals surface area contributed by atoms with Crippen LogP contribution in [-0.2, 0) is 4.79 Å². The quantitative estimate of drug-likeness (QED) is 0.447. The van der Waals surface area contributed by atoms with Crippen molar-refractivity contribution in [1.29, 1.82) is 0 Å². The molecule has 160 valence electrons. The Morgan fingerprint density at radius 2 is 1.72 bits per heavy atom. The van der Waals surface area contributed by atoms with Crippen molar-refractivity contribution in [3.63, 3.8) is 0 Å². The summed E-state index contributed by atoms with van der Waals surface area (Å²) in [5.41, 5.74) is 6.00. The van der Waals surface area contributed by atoms with Gasteiger partial charge in [-0.2, -0.15) is 5.10 Å². The van der Waals surface area contributed by atoms with E-state index in [1.807, 2.05) is 60.1 Å². The number of aryl methyl sites for hydroxylation is 1. The van der Waals surface area contributed by atoms with Crippen LogP contribution in [0.4, 0.5) is 5.82 Å². The van der Waals surface area contributed by atoms with Gasteiger partial charge in [0.1, 0.15) is 11.6 Å². The molecule has 4 aromatic rings. The van der Waals surface area contributed by atoms with Crippen molar-refractivity contribution in [2.75, 3.05) is 11.9 Å². The molecule has 5 nitrogen and oxygen atoms in total. The van der Waals surface area contributed by atoms with Crippen LogP contribution in [0.3, 0.4) is 0 Å². The summed E-state index contributed by atoms with van der Waals surface area (Å²) in [5.74, 6) is 1.35. The molecule has 0 saturated carbocycles. The number of amides is 1. The fraction of sp³-hybridized carbons (Fsp3) is 0.185. The van der Waals surface area contributed by atoms with Gasteiger partial charge in [0.25, 0.3) is 0 Å².